The largest absolute Gasteiger partial charge is 0.475 e. The van der Waals surface area contributed by atoms with Gasteiger partial charge in [0.1, 0.15) is 0 Å². The molecule has 0 radical (unpaired) electrons. The summed E-state index contributed by atoms with van der Waals surface area (Å²) in [6, 6.07) is 4.88. The number of piperidine rings is 1. The molecular weight excluding hydrogens is 290 g/mol. The molecule has 0 spiro atoms. The molecule has 0 saturated carbocycles. The third kappa shape index (κ3) is 2.85. The first-order chi connectivity index (χ1) is 10.1. The van der Waals surface area contributed by atoms with Crippen molar-refractivity contribution in [1.82, 2.24) is 4.90 Å². The summed E-state index contributed by atoms with van der Waals surface area (Å²) in [6.07, 6.45) is 1.85. The minimum atomic E-state index is -1.16. The summed E-state index contributed by atoms with van der Waals surface area (Å²) in [5, 5.41) is 13.0. The lowest BCUT2D eigenvalue weighted by atomic mass is 9.91. The molecule has 2 aromatic rings. The van der Waals surface area contributed by atoms with Crippen LogP contribution in [0.1, 0.15) is 45.4 Å². The highest BCUT2D eigenvalue weighted by Gasteiger charge is 2.26. The Balaban J connectivity index is 1.63. The van der Waals surface area contributed by atoms with E-state index in [1.54, 1.807) is 16.2 Å². The number of carboxylic acid groups (broad SMARTS) is 1. The van der Waals surface area contributed by atoms with Crippen molar-refractivity contribution >= 4 is 23.2 Å². The van der Waals surface area contributed by atoms with Crippen LogP contribution in [0.5, 0.6) is 0 Å². The Hall–Kier alpha value is -2.08. The molecule has 0 aliphatic carbocycles. The molecule has 1 amide bonds. The fourth-order valence-electron chi connectivity index (χ4n) is 2.65. The average Bonchev–Trinajstić information content (AvgIpc) is 3.18. The number of rotatable bonds is 3. The number of hydrogen-bond donors (Lipinski definition) is 1. The van der Waals surface area contributed by atoms with E-state index in [-0.39, 0.29) is 17.4 Å². The van der Waals surface area contributed by atoms with Gasteiger partial charge in [-0.3, -0.25) is 4.79 Å². The summed E-state index contributed by atoms with van der Waals surface area (Å²) in [5.41, 5.74) is 1.35. The zero-order valence-electron chi connectivity index (χ0n) is 11.3. The monoisotopic (exact) mass is 305 g/mol. The second-order valence-electron chi connectivity index (χ2n) is 5.09. The van der Waals surface area contributed by atoms with E-state index in [1.807, 2.05) is 0 Å². The number of thiophene rings is 1. The van der Waals surface area contributed by atoms with Crippen LogP contribution in [0.25, 0.3) is 0 Å². The van der Waals surface area contributed by atoms with Crippen LogP contribution >= 0.6 is 11.3 Å². The van der Waals surface area contributed by atoms with E-state index < -0.39 is 5.97 Å². The van der Waals surface area contributed by atoms with Crippen molar-refractivity contribution in [1.29, 1.82) is 0 Å². The number of carboxylic acids is 1. The van der Waals surface area contributed by atoms with Crippen molar-refractivity contribution in [3.63, 3.8) is 0 Å². The van der Waals surface area contributed by atoms with Gasteiger partial charge in [0.15, 0.2) is 5.76 Å². The van der Waals surface area contributed by atoms with Gasteiger partial charge in [-0.05, 0) is 53.3 Å². The van der Waals surface area contributed by atoms with Crippen molar-refractivity contribution in [3.8, 4) is 0 Å². The molecule has 110 valence electrons. The first-order valence-corrected chi connectivity index (χ1v) is 7.74. The minimum absolute atomic E-state index is 0.0985. The molecule has 1 aliphatic heterocycles. The fourth-order valence-corrected chi connectivity index (χ4v) is 3.39. The van der Waals surface area contributed by atoms with E-state index in [1.165, 1.54) is 17.7 Å². The standard InChI is InChI=1S/C15H15NO4S/c17-14(12-1-2-13(20-12)15(18)19)16-6-3-10(4-7-16)11-5-8-21-9-11/h1-2,5,8-10H,3-4,6-7H2,(H,18,19). The van der Waals surface area contributed by atoms with Crippen LogP contribution in [0.15, 0.2) is 33.4 Å². The lowest BCUT2D eigenvalue weighted by Gasteiger charge is -2.31. The van der Waals surface area contributed by atoms with E-state index in [0.717, 1.165) is 12.8 Å². The number of furan rings is 1. The minimum Gasteiger partial charge on any atom is -0.475 e. The summed E-state index contributed by atoms with van der Waals surface area (Å²) in [4.78, 5) is 24.8. The normalized spacial score (nSPS) is 16.1. The molecule has 3 heterocycles. The molecule has 1 fully saturated rings. The highest BCUT2D eigenvalue weighted by atomic mass is 32.1. The Morgan fingerprint density at radius 3 is 2.48 bits per heavy atom. The van der Waals surface area contributed by atoms with Crippen LogP contribution in [0.3, 0.4) is 0 Å². The van der Waals surface area contributed by atoms with Gasteiger partial charge in [0, 0.05) is 13.1 Å². The first-order valence-electron chi connectivity index (χ1n) is 6.79. The van der Waals surface area contributed by atoms with E-state index >= 15 is 0 Å². The Bertz CT molecular complexity index is 638. The van der Waals surface area contributed by atoms with Gasteiger partial charge in [-0.2, -0.15) is 11.3 Å². The number of carbonyl (C=O) groups excluding carboxylic acids is 1. The topological polar surface area (TPSA) is 70.8 Å². The molecule has 21 heavy (non-hydrogen) atoms. The average molecular weight is 305 g/mol. The molecule has 1 saturated heterocycles. The summed E-state index contributed by atoms with van der Waals surface area (Å²) in [7, 11) is 0. The van der Waals surface area contributed by atoms with Gasteiger partial charge < -0.3 is 14.4 Å². The maximum absolute atomic E-state index is 12.3. The number of aromatic carboxylic acids is 1. The van der Waals surface area contributed by atoms with Crippen LogP contribution in [-0.4, -0.2) is 35.0 Å². The van der Waals surface area contributed by atoms with Gasteiger partial charge >= 0.3 is 5.97 Å². The SMILES string of the molecule is O=C(O)c1ccc(C(=O)N2CCC(c3ccsc3)CC2)o1. The van der Waals surface area contributed by atoms with Crippen molar-refractivity contribution in [2.45, 2.75) is 18.8 Å². The number of carbonyl (C=O) groups is 2. The summed E-state index contributed by atoms with van der Waals surface area (Å²) in [6.45, 7) is 1.34. The number of hydrogen-bond acceptors (Lipinski definition) is 4. The molecule has 5 nitrogen and oxygen atoms in total. The highest BCUT2D eigenvalue weighted by Crippen LogP contribution is 2.30. The van der Waals surface area contributed by atoms with Crippen molar-refractivity contribution < 1.29 is 19.1 Å². The van der Waals surface area contributed by atoms with E-state index in [0.29, 0.717) is 19.0 Å². The molecule has 0 atom stereocenters. The molecule has 0 bridgehead atoms. The van der Waals surface area contributed by atoms with Crippen molar-refractivity contribution in [2.75, 3.05) is 13.1 Å². The molecule has 0 unspecified atom stereocenters. The van der Waals surface area contributed by atoms with Crippen LogP contribution in [0.4, 0.5) is 0 Å². The molecule has 0 aromatic carbocycles. The summed E-state index contributed by atoms with van der Waals surface area (Å²) in [5.74, 6) is -0.990. The van der Waals surface area contributed by atoms with Gasteiger partial charge in [0.2, 0.25) is 5.76 Å². The first kappa shape index (κ1) is 13.9. The van der Waals surface area contributed by atoms with Crippen LogP contribution < -0.4 is 0 Å². The predicted octanol–water partition coefficient (Wildman–Crippen LogP) is 3.06. The van der Waals surface area contributed by atoms with Gasteiger partial charge in [-0.1, -0.05) is 0 Å². The molecule has 2 aromatic heterocycles. The van der Waals surface area contributed by atoms with Crippen LogP contribution in [0.2, 0.25) is 0 Å². The lowest BCUT2D eigenvalue weighted by Crippen LogP contribution is -2.37. The number of amides is 1. The molecule has 3 rings (SSSR count). The summed E-state index contributed by atoms with van der Waals surface area (Å²) < 4.78 is 5.07. The van der Waals surface area contributed by atoms with Crippen LogP contribution in [0, 0.1) is 0 Å². The second-order valence-corrected chi connectivity index (χ2v) is 5.87. The Morgan fingerprint density at radius 2 is 1.90 bits per heavy atom. The zero-order chi connectivity index (χ0) is 14.8. The van der Waals surface area contributed by atoms with E-state index in [2.05, 4.69) is 16.8 Å². The molecule has 6 heteroatoms. The van der Waals surface area contributed by atoms with Gasteiger partial charge in [0.25, 0.3) is 5.91 Å². The third-order valence-corrected chi connectivity index (χ3v) is 4.53. The van der Waals surface area contributed by atoms with Crippen molar-refractivity contribution in [3.05, 3.63) is 46.0 Å². The number of nitrogens with zero attached hydrogens (tertiary/aromatic N) is 1. The smallest absolute Gasteiger partial charge is 0.371 e. The molecule has 1 N–H and O–H groups in total. The van der Waals surface area contributed by atoms with Gasteiger partial charge in [-0.15, -0.1) is 0 Å². The molecular formula is C15H15NO4S. The van der Waals surface area contributed by atoms with Crippen molar-refractivity contribution in [2.24, 2.45) is 0 Å². The Kier molecular flexibility index (Phi) is 3.79. The predicted molar refractivity (Wildman–Crippen MR) is 77.9 cm³/mol. The van der Waals surface area contributed by atoms with Gasteiger partial charge in [-0.25, -0.2) is 4.79 Å². The maximum atomic E-state index is 12.3. The fraction of sp³-hybridized carbons (Fsp3) is 0.333. The van der Waals surface area contributed by atoms with E-state index in [9.17, 15) is 9.59 Å². The number of likely N-dealkylation sites (tertiary alicyclic amines) is 1. The lowest BCUT2D eigenvalue weighted by molar-refractivity contribution is 0.0639. The molecule has 1 aliphatic rings. The third-order valence-electron chi connectivity index (χ3n) is 3.82. The zero-order valence-corrected chi connectivity index (χ0v) is 12.1. The van der Waals surface area contributed by atoms with Gasteiger partial charge in [0.05, 0.1) is 0 Å². The second kappa shape index (κ2) is 5.73. The summed E-state index contributed by atoms with van der Waals surface area (Å²) >= 11 is 1.69. The Labute approximate surface area is 125 Å². The maximum Gasteiger partial charge on any atom is 0.371 e. The Morgan fingerprint density at radius 1 is 1.19 bits per heavy atom. The van der Waals surface area contributed by atoms with Crippen LogP contribution in [-0.2, 0) is 0 Å². The highest BCUT2D eigenvalue weighted by molar-refractivity contribution is 7.07. The van der Waals surface area contributed by atoms with E-state index in [4.69, 9.17) is 9.52 Å². The quantitative estimate of drug-likeness (QED) is 0.946.